The van der Waals surface area contributed by atoms with Gasteiger partial charge in [-0.1, -0.05) is 0 Å². The summed E-state index contributed by atoms with van der Waals surface area (Å²) in [5, 5.41) is 0. The van der Waals surface area contributed by atoms with Crippen molar-refractivity contribution in [1.82, 2.24) is 4.90 Å². The van der Waals surface area contributed by atoms with E-state index in [-0.39, 0.29) is 0 Å². The largest absolute Gasteiger partial charge is 0.305 e. The number of hydrogen-bond donors (Lipinski definition) is 0. The van der Waals surface area contributed by atoms with Gasteiger partial charge in [0.1, 0.15) is 5.78 Å². The van der Waals surface area contributed by atoms with Crippen molar-refractivity contribution in [3.63, 3.8) is 0 Å². The lowest BCUT2D eigenvalue weighted by Crippen LogP contribution is -2.49. The summed E-state index contributed by atoms with van der Waals surface area (Å²) in [5.41, 5.74) is 0. The van der Waals surface area contributed by atoms with Crippen molar-refractivity contribution in [3.8, 4) is 0 Å². The molecule has 3 heteroatoms. The minimum Gasteiger partial charge on any atom is -0.305 e. The Labute approximate surface area is 71.3 Å². The van der Waals surface area contributed by atoms with Gasteiger partial charge in [-0.05, 0) is 7.05 Å². The van der Waals surface area contributed by atoms with E-state index in [1.54, 1.807) is 0 Å². The summed E-state index contributed by atoms with van der Waals surface area (Å²) < 4.78 is 0. The molecule has 0 amide bonds. The van der Waals surface area contributed by atoms with Crippen LogP contribution in [0.15, 0.2) is 0 Å². The highest BCUT2D eigenvalue weighted by molar-refractivity contribution is 7.99. The van der Waals surface area contributed by atoms with Gasteiger partial charge in [0.05, 0.1) is 0 Å². The van der Waals surface area contributed by atoms with Crippen molar-refractivity contribution < 1.29 is 4.79 Å². The van der Waals surface area contributed by atoms with Gasteiger partial charge in [-0.2, -0.15) is 11.8 Å². The van der Waals surface area contributed by atoms with Crippen LogP contribution in [0.5, 0.6) is 0 Å². The third-order valence-electron chi connectivity index (χ3n) is 2.51. The van der Waals surface area contributed by atoms with E-state index < -0.39 is 0 Å². The summed E-state index contributed by atoms with van der Waals surface area (Å²) in [6.07, 6.45) is 0. The Morgan fingerprint density at radius 1 is 1.36 bits per heavy atom. The first-order valence-corrected chi connectivity index (χ1v) is 5.23. The van der Waals surface area contributed by atoms with Gasteiger partial charge < -0.3 is 4.90 Å². The van der Waals surface area contributed by atoms with Crippen LogP contribution in [0.1, 0.15) is 0 Å². The van der Waals surface area contributed by atoms with E-state index in [4.69, 9.17) is 0 Å². The van der Waals surface area contributed by atoms with Crippen molar-refractivity contribution >= 4 is 17.5 Å². The van der Waals surface area contributed by atoms with Crippen LogP contribution in [0.4, 0.5) is 0 Å². The fourth-order valence-electron chi connectivity index (χ4n) is 1.96. The van der Waals surface area contributed by atoms with Crippen LogP contribution in [-0.4, -0.2) is 42.3 Å². The van der Waals surface area contributed by atoms with Gasteiger partial charge >= 0.3 is 0 Å². The highest BCUT2D eigenvalue weighted by atomic mass is 32.2. The average molecular weight is 171 g/mol. The molecule has 2 heterocycles. The predicted molar refractivity (Wildman–Crippen MR) is 46.8 cm³/mol. The number of rotatable bonds is 0. The Hall–Kier alpha value is -0.0200. The molecule has 0 aromatic heterocycles. The summed E-state index contributed by atoms with van der Waals surface area (Å²) in [7, 11) is 2.11. The van der Waals surface area contributed by atoms with Gasteiger partial charge in [0.2, 0.25) is 0 Å². The second-order valence-electron chi connectivity index (χ2n) is 3.55. The lowest BCUT2D eigenvalue weighted by atomic mass is 9.90. The number of likely N-dealkylation sites (tertiary alicyclic amines) is 1. The molecule has 0 aliphatic carbocycles. The average Bonchev–Trinajstić information content (AvgIpc) is 1.92. The fraction of sp³-hybridized carbons (Fsp3) is 0.875. The van der Waals surface area contributed by atoms with Crippen LogP contribution in [0, 0.1) is 11.8 Å². The second-order valence-corrected chi connectivity index (χ2v) is 4.63. The molecule has 2 aliphatic rings. The van der Waals surface area contributed by atoms with E-state index in [2.05, 4.69) is 11.9 Å². The molecule has 0 aromatic rings. The van der Waals surface area contributed by atoms with Gasteiger partial charge in [0, 0.05) is 36.4 Å². The third kappa shape index (κ3) is 1.32. The van der Waals surface area contributed by atoms with Crippen LogP contribution in [0.2, 0.25) is 0 Å². The number of thioether (sulfide) groups is 1. The molecule has 0 N–H and O–H groups in total. The van der Waals surface area contributed by atoms with Crippen LogP contribution in [0.3, 0.4) is 0 Å². The van der Waals surface area contributed by atoms with Gasteiger partial charge in [-0.25, -0.2) is 0 Å². The molecule has 2 bridgehead atoms. The van der Waals surface area contributed by atoms with Crippen molar-refractivity contribution in [2.75, 3.05) is 31.6 Å². The maximum absolute atomic E-state index is 11.5. The van der Waals surface area contributed by atoms with Crippen molar-refractivity contribution in [1.29, 1.82) is 0 Å². The van der Waals surface area contributed by atoms with Crippen LogP contribution >= 0.6 is 11.8 Å². The quantitative estimate of drug-likeness (QED) is 0.529. The Kier molecular flexibility index (Phi) is 1.93. The molecule has 2 unspecified atom stereocenters. The molecule has 11 heavy (non-hydrogen) atoms. The first kappa shape index (κ1) is 7.62. The van der Waals surface area contributed by atoms with E-state index in [1.165, 1.54) is 0 Å². The number of ketones is 1. The van der Waals surface area contributed by atoms with Gasteiger partial charge in [-0.3, -0.25) is 4.79 Å². The molecule has 62 valence electrons. The van der Waals surface area contributed by atoms with Crippen LogP contribution in [-0.2, 0) is 4.79 Å². The molecule has 2 aliphatic heterocycles. The minimum absolute atomic E-state index is 0.345. The molecule has 2 atom stereocenters. The monoisotopic (exact) mass is 171 g/mol. The maximum Gasteiger partial charge on any atom is 0.143 e. The van der Waals surface area contributed by atoms with E-state index in [1.807, 2.05) is 11.8 Å². The van der Waals surface area contributed by atoms with Crippen molar-refractivity contribution in [2.24, 2.45) is 11.8 Å². The zero-order valence-electron chi connectivity index (χ0n) is 6.75. The zero-order valence-corrected chi connectivity index (χ0v) is 7.56. The molecule has 0 aromatic carbocycles. The molecular weight excluding hydrogens is 158 g/mol. The number of carbonyl (C=O) groups excluding carboxylic acids is 1. The summed E-state index contributed by atoms with van der Waals surface area (Å²) in [4.78, 5) is 13.8. The molecule has 2 nitrogen and oxygen atoms in total. The van der Waals surface area contributed by atoms with E-state index in [0.29, 0.717) is 17.6 Å². The van der Waals surface area contributed by atoms with E-state index in [9.17, 15) is 4.79 Å². The normalized spacial score (nSPS) is 39.2. The first-order valence-electron chi connectivity index (χ1n) is 4.07. The lowest BCUT2D eigenvalue weighted by molar-refractivity contribution is -0.129. The summed E-state index contributed by atoms with van der Waals surface area (Å²) >= 11 is 1.95. The number of fused-ring (bicyclic) bond motifs is 2. The van der Waals surface area contributed by atoms with E-state index >= 15 is 0 Å². The Morgan fingerprint density at radius 2 is 1.91 bits per heavy atom. The summed E-state index contributed by atoms with van der Waals surface area (Å²) in [6.45, 7) is 1.98. The number of hydrogen-bond acceptors (Lipinski definition) is 3. The summed E-state index contributed by atoms with van der Waals surface area (Å²) in [6, 6.07) is 0. The SMILES string of the molecule is CN1CC2CSCC(C1)C2=O. The van der Waals surface area contributed by atoms with Crippen LogP contribution < -0.4 is 0 Å². The molecule has 2 saturated heterocycles. The second kappa shape index (κ2) is 2.79. The number of carbonyl (C=O) groups is 1. The van der Waals surface area contributed by atoms with Crippen molar-refractivity contribution in [3.05, 3.63) is 0 Å². The minimum atomic E-state index is 0.345. The lowest BCUT2D eigenvalue weighted by Gasteiger charge is -2.37. The molecule has 0 saturated carbocycles. The highest BCUT2D eigenvalue weighted by Gasteiger charge is 2.36. The molecule has 0 spiro atoms. The Bertz CT molecular complexity index is 167. The number of nitrogens with zero attached hydrogens (tertiary/aromatic N) is 1. The number of piperidine rings is 1. The number of Topliss-reactive ketones (excluding diaryl/α,β-unsaturated/α-hetero) is 1. The van der Waals surface area contributed by atoms with Crippen molar-refractivity contribution in [2.45, 2.75) is 0 Å². The van der Waals surface area contributed by atoms with Gasteiger partial charge in [-0.15, -0.1) is 0 Å². The Morgan fingerprint density at radius 3 is 2.45 bits per heavy atom. The zero-order chi connectivity index (χ0) is 7.84. The third-order valence-corrected chi connectivity index (χ3v) is 3.78. The molecule has 0 radical (unpaired) electrons. The molecular formula is C8H13NOS. The van der Waals surface area contributed by atoms with Crippen LogP contribution in [0.25, 0.3) is 0 Å². The molecule has 2 fully saturated rings. The standard InChI is InChI=1S/C8H13NOS/c1-9-2-6-4-11-5-7(3-9)8(6)10/h6-7H,2-5H2,1H3. The first-order chi connectivity index (χ1) is 5.27. The fourth-order valence-corrected chi connectivity index (χ4v) is 3.21. The smallest absolute Gasteiger partial charge is 0.143 e. The maximum atomic E-state index is 11.5. The van der Waals surface area contributed by atoms with E-state index in [0.717, 1.165) is 24.6 Å². The molecule has 2 rings (SSSR count). The summed E-state index contributed by atoms with van der Waals surface area (Å²) in [5.74, 6) is 3.33. The van der Waals surface area contributed by atoms with Gasteiger partial charge in [0.25, 0.3) is 0 Å². The van der Waals surface area contributed by atoms with Gasteiger partial charge in [0.15, 0.2) is 0 Å². The predicted octanol–water partition coefficient (Wildman–Crippen LogP) is 0.480. The highest BCUT2D eigenvalue weighted by Crippen LogP contribution is 2.29. The Balaban J connectivity index is 2.13. The topological polar surface area (TPSA) is 20.3 Å².